The molecule has 0 unspecified atom stereocenters. The Balaban J connectivity index is 0.000000390. The average molecular weight is 417 g/mol. The molecule has 0 spiro atoms. The van der Waals surface area contributed by atoms with Crippen molar-refractivity contribution < 1.29 is 9.13 Å². The van der Waals surface area contributed by atoms with Crippen LogP contribution in [0.1, 0.15) is 19.8 Å². The van der Waals surface area contributed by atoms with Crippen LogP contribution in [0.5, 0.6) is 5.88 Å². The largest absolute Gasteiger partial charge is 1.00 e. The molecule has 0 aliphatic carbocycles. The third-order valence-electron chi connectivity index (χ3n) is 2.13. The third-order valence-corrected chi connectivity index (χ3v) is 3.12. The molecular formula is C14H15BBr2FN2O-. The molecule has 0 aromatic carbocycles. The minimum Gasteiger partial charge on any atom is -1.00 e. The predicted molar refractivity (Wildman–Crippen MR) is 90.0 cm³/mol. The Hall–Kier alpha value is -0.945. The van der Waals surface area contributed by atoms with Gasteiger partial charge in [0, 0.05) is 33.5 Å². The summed E-state index contributed by atoms with van der Waals surface area (Å²) >= 11 is 6.43. The first-order valence-electron chi connectivity index (χ1n) is 6.13. The number of pyridine rings is 2. The highest BCUT2D eigenvalue weighted by molar-refractivity contribution is 9.10. The fourth-order valence-electron chi connectivity index (χ4n) is 1.16. The lowest BCUT2D eigenvalue weighted by Gasteiger charge is -2.03. The number of ether oxygens (including phenoxy) is 1. The van der Waals surface area contributed by atoms with Gasteiger partial charge < -0.3 is 13.1 Å². The standard InChI is InChI=1S/C9H12BrNO.C5H3BrFN.B/c1-2-3-6-12-9-7-8(10)4-5-11-9;6-4-1-2-8-5(7)3-4;/h4-5,7H,2-3,6H2,1H3;1-3H;/q;;-1. The Bertz CT molecular complexity index is 515. The van der Waals surface area contributed by atoms with Crippen molar-refractivity contribution in [1.29, 1.82) is 0 Å². The van der Waals surface area contributed by atoms with Crippen molar-refractivity contribution in [3.05, 3.63) is 51.6 Å². The minimum atomic E-state index is -0.459. The lowest BCUT2D eigenvalue weighted by atomic mass is 10.4. The minimum absolute atomic E-state index is 0. The fraction of sp³-hybridized carbons (Fsp3) is 0.286. The molecule has 112 valence electrons. The predicted octanol–water partition coefficient (Wildman–Crippen LogP) is 4.63. The van der Waals surface area contributed by atoms with E-state index < -0.39 is 5.95 Å². The number of rotatable bonds is 4. The van der Waals surface area contributed by atoms with Crippen LogP contribution in [0.25, 0.3) is 0 Å². The molecule has 3 nitrogen and oxygen atoms in total. The SMILES string of the molecule is CCCCOc1cc(Br)ccn1.Fc1cc(Br)ccn1.[B-]. The Morgan fingerprint density at radius 3 is 2.19 bits per heavy atom. The normalized spacial score (nSPS) is 9.14. The maximum Gasteiger partial charge on any atom is 0.214 e. The second kappa shape index (κ2) is 11.7. The van der Waals surface area contributed by atoms with Crippen molar-refractivity contribution in [2.45, 2.75) is 19.8 Å². The molecule has 0 bridgehead atoms. The second-order valence-corrected chi connectivity index (χ2v) is 5.64. The molecule has 4 radical (unpaired) electrons. The van der Waals surface area contributed by atoms with Gasteiger partial charge in [-0.1, -0.05) is 45.2 Å². The van der Waals surface area contributed by atoms with Gasteiger partial charge in [-0.05, 0) is 18.6 Å². The van der Waals surface area contributed by atoms with Crippen LogP contribution in [0.4, 0.5) is 4.39 Å². The molecule has 0 N–H and O–H groups in total. The van der Waals surface area contributed by atoms with Gasteiger partial charge in [0.25, 0.3) is 0 Å². The summed E-state index contributed by atoms with van der Waals surface area (Å²) in [6.07, 6.45) is 5.35. The zero-order valence-electron chi connectivity index (χ0n) is 11.6. The second-order valence-electron chi connectivity index (χ2n) is 3.81. The van der Waals surface area contributed by atoms with Gasteiger partial charge in [-0.3, -0.25) is 0 Å². The molecule has 0 amide bonds. The highest BCUT2D eigenvalue weighted by Crippen LogP contribution is 2.14. The van der Waals surface area contributed by atoms with E-state index in [9.17, 15) is 4.39 Å². The quantitative estimate of drug-likeness (QED) is 0.414. The molecule has 2 aromatic heterocycles. The number of aromatic nitrogens is 2. The first-order valence-corrected chi connectivity index (χ1v) is 7.72. The number of hydrogen-bond acceptors (Lipinski definition) is 3. The van der Waals surface area contributed by atoms with Gasteiger partial charge in [-0.25, -0.2) is 9.97 Å². The highest BCUT2D eigenvalue weighted by atomic mass is 79.9. The van der Waals surface area contributed by atoms with Gasteiger partial charge in [-0.15, -0.1) is 0 Å². The van der Waals surface area contributed by atoms with Crippen LogP contribution < -0.4 is 4.74 Å². The van der Waals surface area contributed by atoms with Gasteiger partial charge in [0.2, 0.25) is 11.8 Å². The molecule has 21 heavy (non-hydrogen) atoms. The highest BCUT2D eigenvalue weighted by Gasteiger charge is 1.94. The molecule has 0 saturated heterocycles. The average Bonchev–Trinajstić information content (AvgIpc) is 2.39. The van der Waals surface area contributed by atoms with E-state index in [0.717, 1.165) is 23.9 Å². The van der Waals surface area contributed by atoms with Crippen LogP contribution in [0.15, 0.2) is 45.6 Å². The zero-order chi connectivity index (χ0) is 14.8. The summed E-state index contributed by atoms with van der Waals surface area (Å²) < 4.78 is 19.1. The van der Waals surface area contributed by atoms with E-state index in [1.165, 1.54) is 12.3 Å². The lowest BCUT2D eigenvalue weighted by molar-refractivity contribution is 0.297. The van der Waals surface area contributed by atoms with Gasteiger partial charge in [0.15, 0.2) is 0 Å². The van der Waals surface area contributed by atoms with Gasteiger partial charge in [-0.2, -0.15) is 4.39 Å². The Morgan fingerprint density at radius 1 is 1.10 bits per heavy atom. The van der Waals surface area contributed by atoms with Crippen molar-refractivity contribution >= 4 is 40.3 Å². The fourth-order valence-corrected chi connectivity index (χ4v) is 1.79. The molecule has 0 saturated carbocycles. The van der Waals surface area contributed by atoms with E-state index in [1.54, 1.807) is 12.3 Å². The topological polar surface area (TPSA) is 35.0 Å². The van der Waals surface area contributed by atoms with Gasteiger partial charge >= 0.3 is 0 Å². The number of unbranched alkanes of at least 4 members (excludes halogenated alkanes) is 1. The number of nitrogens with zero attached hydrogens (tertiary/aromatic N) is 2. The molecule has 0 atom stereocenters. The van der Waals surface area contributed by atoms with E-state index in [0.29, 0.717) is 10.4 Å². The molecule has 2 aromatic rings. The van der Waals surface area contributed by atoms with Crippen molar-refractivity contribution in [2.24, 2.45) is 0 Å². The van der Waals surface area contributed by atoms with Crippen LogP contribution in [-0.4, -0.2) is 25.0 Å². The summed E-state index contributed by atoms with van der Waals surface area (Å²) in [5.74, 6) is 0.234. The van der Waals surface area contributed by atoms with Crippen LogP contribution in [-0.2, 0) is 0 Å². The van der Waals surface area contributed by atoms with Crippen molar-refractivity contribution in [3.8, 4) is 5.88 Å². The van der Waals surface area contributed by atoms with Gasteiger partial charge in [0.1, 0.15) is 0 Å². The Morgan fingerprint density at radius 2 is 1.71 bits per heavy atom. The van der Waals surface area contributed by atoms with Crippen LogP contribution in [0, 0.1) is 5.95 Å². The maximum atomic E-state index is 12.0. The van der Waals surface area contributed by atoms with E-state index in [1.807, 2.05) is 12.1 Å². The summed E-state index contributed by atoms with van der Waals surface area (Å²) in [7, 11) is 0. The monoisotopic (exact) mass is 415 g/mol. The molecule has 2 rings (SSSR count). The van der Waals surface area contributed by atoms with Crippen LogP contribution in [0.3, 0.4) is 0 Å². The van der Waals surface area contributed by atoms with Crippen molar-refractivity contribution in [3.63, 3.8) is 0 Å². The van der Waals surface area contributed by atoms with Gasteiger partial charge in [0.05, 0.1) is 6.61 Å². The summed E-state index contributed by atoms with van der Waals surface area (Å²) in [6, 6.07) is 6.73. The van der Waals surface area contributed by atoms with Crippen molar-refractivity contribution in [2.75, 3.05) is 6.61 Å². The first kappa shape index (κ1) is 20.1. The van der Waals surface area contributed by atoms with E-state index in [-0.39, 0.29) is 8.41 Å². The van der Waals surface area contributed by atoms with E-state index in [2.05, 4.69) is 48.8 Å². The molecule has 0 aliphatic heterocycles. The zero-order valence-corrected chi connectivity index (χ0v) is 14.8. The maximum absolute atomic E-state index is 12.0. The molecule has 0 aliphatic rings. The molecule has 0 fully saturated rings. The summed E-state index contributed by atoms with van der Waals surface area (Å²) in [5.41, 5.74) is 0. The van der Waals surface area contributed by atoms with Crippen LogP contribution >= 0.6 is 31.9 Å². The van der Waals surface area contributed by atoms with Crippen molar-refractivity contribution in [1.82, 2.24) is 9.97 Å². The third kappa shape index (κ3) is 9.58. The van der Waals surface area contributed by atoms with Crippen LogP contribution in [0.2, 0.25) is 0 Å². The number of halogens is 3. The summed E-state index contributed by atoms with van der Waals surface area (Å²) in [6.45, 7) is 2.89. The first-order chi connectivity index (χ1) is 9.61. The van der Waals surface area contributed by atoms with E-state index >= 15 is 0 Å². The molecular weight excluding hydrogens is 402 g/mol. The number of hydrogen-bond donors (Lipinski definition) is 0. The smallest absolute Gasteiger partial charge is 0.214 e. The molecule has 7 heteroatoms. The Labute approximate surface area is 143 Å². The molecule has 2 heterocycles. The summed E-state index contributed by atoms with van der Waals surface area (Å²) in [4.78, 5) is 7.40. The lowest BCUT2D eigenvalue weighted by Crippen LogP contribution is -1.97. The summed E-state index contributed by atoms with van der Waals surface area (Å²) in [5, 5.41) is 0. The van der Waals surface area contributed by atoms with E-state index in [4.69, 9.17) is 4.74 Å². The Kier molecular flexibility index (Phi) is 11.2.